The molecule has 0 spiro atoms. The average Bonchev–Trinajstić information content (AvgIpc) is 2.57. The lowest BCUT2D eigenvalue weighted by atomic mass is 9.94. The molecule has 136 valence electrons. The number of rotatable bonds is 5. The van der Waals surface area contributed by atoms with Gasteiger partial charge in [-0.3, -0.25) is 0 Å². The van der Waals surface area contributed by atoms with E-state index in [1.54, 1.807) is 0 Å². The number of hydrogen-bond acceptors (Lipinski definition) is 3. The van der Waals surface area contributed by atoms with Crippen LogP contribution in [0.5, 0.6) is 0 Å². The molecule has 0 unspecified atom stereocenters. The van der Waals surface area contributed by atoms with Gasteiger partial charge in [-0.25, -0.2) is 12.7 Å². The molecule has 1 heterocycles. The average molecular weight is 381 g/mol. The van der Waals surface area contributed by atoms with Gasteiger partial charge in [0.1, 0.15) is 0 Å². The molecule has 1 aliphatic rings. The summed E-state index contributed by atoms with van der Waals surface area (Å²) in [6.45, 7) is 2.70. The molecular weight excluding hydrogens is 356 g/mol. The Bertz CT molecular complexity index is 811. The fourth-order valence-corrected chi connectivity index (χ4v) is 5.42. The van der Waals surface area contributed by atoms with Crippen molar-refractivity contribution in [2.24, 2.45) is 0 Å². The molecule has 0 radical (unpaired) electrons. The molecule has 0 amide bonds. The van der Waals surface area contributed by atoms with E-state index in [0.717, 1.165) is 24.2 Å². The normalized spacial score (nSPS) is 21.3. The quantitative estimate of drug-likeness (QED) is 0.800. The summed E-state index contributed by atoms with van der Waals surface area (Å²) in [7, 11) is -1.61. The summed E-state index contributed by atoms with van der Waals surface area (Å²) < 4.78 is 27.7. The van der Waals surface area contributed by atoms with Crippen LogP contribution in [0.2, 0.25) is 0 Å². The van der Waals surface area contributed by atoms with Crippen LogP contribution in [0.25, 0.3) is 0 Å². The molecule has 2 aromatic rings. The van der Waals surface area contributed by atoms with Crippen LogP contribution in [0.4, 0.5) is 11.4 Å². The van der Waals surface area contributed by atoms with E-state index in [1.807, 2.05) is 68.6 Å². The summed E-state index contributed by atoms with van der Waals surface area (Å²) in [6.07, 6.45) is 2.02. The molecule has 1 atom stereocenters. The number of benzene rings is 2. The lowest BCUT2D eigenvalue weighted by Gasteiger charge is -2.42. The van der Waals surface area contributed by atoms with Gasteiger partial charge in [-0.05, 0) is 63.5 Å². The molecular formula is C19H25ClN2O2S. The maximum atomic E-state index is 13.5. The Hall–Kier alpha value is -1.56. The van der Waals surface area contributed by atoms with Crippen molar-refractivity contribution < 1.29 is 8.42 Å². The Balaban J connectivity index is 0.00000225. The first-order chi connectivity index (χ1) is 11.5. The SMILES string of the molecule is CNCCC[C@]1(C)Cc2ccccc2N(c2ccccc2)S1(=O)=O.Cl. The fourth-order valence-electron chi connectivity index (χ4n) is 3.40. The second-order valence-electron chi connectivity index (χ2n) is 6.57. The van der Waals surface area contributed by atoms with Crippen molar-refractivity contribution in [1.82, 2.24) is 5.32 Å². The Labute approximate surface area is 156 Å². The van der Waals surface area contributed by atoms with Crippen LogP contribution in [0.1, 0.15) is 25.3 Å². The molecule has 0 aliphatic carbocycles. The van der Waals surface area contributed by atoms with Gasteiger partial charge in [0.05, 0.1) is 16.1 Å². The number of nitrogens with one attached hydrogen (secondary N) is 1. The third-order valence-corrected chi connectivity index (χ3v) is 7.24. The number of fused-ring (bicyclic) bond motifs is 1. The summed E-state index contributed by atoms with van der Waals surface area (Å²) in [5.41, 5.74) is 2.56. The summed E-state index contributed by atoms with van der Waals surface area (Å²) in [4.78, 5) is 0. The maximum Gasteiger partial charge on any atom is 0.245 e. The molecule has 0 fully saturated rings. The van der Waals surface area contributed by atoms with Crippen LogP contribution >= 0.6 is 12.4 Å². The van der Waals surface area contributed by atoms with Crippen LogP contribution in [0.3, 0.4) is 0 Å². The van der Waals surface area contributed by atoms with Crippen LogP contribution in [-0.2, 0) is 16.4 Å². The van der Waals surface area contributed by atoms with Crippen molar-refractivity contribution in [3.63, 3.8) is 0 Å². The van der Waals surface area contributed by atoms with E-state index in [0.29, 0.717) is 18.5 Å². The van der Waals surface area contributed by atoms with Crippen molar-refractivity contribution in [3.8, 4) is 0 Å². The van der Waals surface area contributed by atoms with Gasteiger partial charge in [-0.15, -0.1) is 12.4 Å². The van der Waals surface area contributed by atoms with E-state index >= 15 is 0 Å². The van der Waals surface area contributed by atoms with Gasteiger partial charge in [-0.2, -0.15) is 0 Å². The fraction of sp³-hybridized carbons (Fsp3) is 0.368. The first-order valence-electron chi connectivity index (χ1n) is 8.32. The van der Waals surface area contributed by atoms with Gasteiger partial charge in [0.15, 0.2) is 0 Å². The summed E-state index contributed by atoms with van der Waals surface area (Å²) >= 11 is 0. The molecule has 4 nitrogen and oxygen atoms in total. The maximum absolute atomic E-state index is 13.5. The number of hydrogen-bond donors (Lipinski definition) is 1. The number of sulfonamides is 1. The van der Waals surface area contributed by atoms with Crippen LogP contribution < -0.4 is 9.62 Å². The standard InChI is InChI=1S/C19H24N2O2S.ClH/c1-19(13-8-14-20-2)15-16-9-6-7-12-18(16)21(24(19,22)23)17-10-4-3-5-11-17;/h3-7,9-12,20H,8,13-15H2,1-2H3;1H/t19-;/m1./s1. The third-order valence-electron chi connectivity index (χ3n) is 4.76. The molecule has 3 rings (SSSR count). The van der Waals surface area contributed by atoms with E-state index in [2.05, 4.69) is 5.32 Å². The van der Waals surface area contributed by atoms with Gasteiger partial charge in [0.25, 0.3) is 0 Å². The van der Waals surface area contributed by atoms with E-state index in [9.17, 15) is 8.42 Å². The first-order valence-corrected chi connectivity index (χ1v) is 9.76. The molecule has 0 saturated carbocycles. The van der Waals surface area contributed by atoms with Crippen LogP contribution in [0.15, 0.2) is 54.6 Å². The monoisotopic (exact) mass is 380 g/mol. The zero-order valence-electron chi connectivity index (χ0n) is 14.6. The Morgan fingerprint density at radius 2 is 1.72 bits per heavy atom. The summed E-state index contributed by atoms with van der Waals surface area (Å²) in [6, 6.07) is 17.2. The third kappa shape index (κ3) is 3.54. The molecule has 0 saturated heterocycles. The van der Waals surface area contributed by atoms with Crippen molar-refractivity contribution in [2.45, 2.75) is 30.9 Å². The molecule has 0 bridgehead atoms. The molecule has 25 heavy (non-hydrogen) atoms. The van der Waals surface area contributed by atoms with Crippen LogP contribution in [-0.4, -0.2) is 26.8 Å². The largest absolute Gasteiger partial charge is 0.320 e. The number of para-hydroxylation sites is 2. The van der Waals surface area contributed by atoms with Gasteiger partial charge in [0, 0.05) is 0 Å². The number of anilines is 2. The predicted molar refractivity (Wildman–Crippen MR) is 106 cm³/mol. The minimum absolute atomic E-state index is 0. The Kier molecular flexibility index (Phi) is 6.14. The van der Waals surface area contributed by atoms with E-state index in [-0.39, 0.29) is 12.4 Å². The first kappa shape index (κ1) is 19.8. The van der Waals surface area contributed by atoms with Crippen molar-refractivity contribution in [3.05, 3.63) is 60.2 Å². The van der Waals surface area contributed by atoms with Crippen molar-refractivity contribution in [2.75, 3.05) is 17.9 Å². The van der Waals surface area contributed by atoms with Crippen molar-refractivity contribution >= 4 is 33.8 Å². The molecule has 0 aromatic heterocycles. The number of halogens is 1. The highest BCUT2D eigenvalue weighted by atomic mass is 35.5. The highest BCUT2D eigenvalue weighted by Gasteiger charge is 2.48. The van der Waals surface area contributed by atoms with Gasteiger partial charge in [0.2, 0.25) is 10.0 Å². The smallest absolute Gasteiger partial charge is 0.245 e. The van der Waals surface area contributed by atoms with Crippen LogP contribution in [0, 0.1) is 0 Å². The second-order valence-corrected chi connectivity index (χ2v) is 8.87. The minimum atomic E-state index is -3.51. The molecule has 6 heteroatoms. The zero-order valence-corrected chi connectivity index (χ0v) is 16.2. The highest BCUT2D eigenvalue weighted by molar-refractivity contribution is 7.94. The van der Waals surface area contributed by atoms with Gasteiger partial charge in [-0.1, -0.05) is 36.4 Å². The topological polar surface area (TPSA) is 49.4 Å². The Morgan fingerprint density at radius 1 is 1.08 bits per heavy atom. The second kappa shape index (κ2) is 7.77. The lowest BCUT2D eigenvalue weighted by molar-refractivity contribution is 0.479. The highest BCUT2D eigenvalue weighted by Crippen LogP contribution is 2.44. The predicted octanol–water partition coefficient (Wildman–Crippen LogP) is 3.89. The van der Waals surface area contributed by atoms with E-state index in [4.69, 9.17) is 0 Å². The summed E-state index contributed by atoms with van der Waals surface area (Å²) in [5.74, 6) is 0. The molecule has 1 N–H and O–H groups in total. The molecule has 2 aromatic carbocycles. The van der Waals surface area contributed by atoms with Gasteiger partial charge < -0.3 is 5.32 Å². The van der Waals surface area contributed by atoms with E-state index < -0.39 is 14.8 Å². The molecule has 1 aliphatic heterocycles. The number of nitrogens with zero attached hydrogens (tertiary/aromatic N) is 1. The minimum Gasteiger partial charge on any atom is -0.320 e. The van der Waals surface area contributed by atoms with E-state index in [1.165, 1.54) is 4.31 Å². The zero-order chi connectivity index (χ0) is 17.2. The van der Waals surface area contributed by atoms with Crippen molar-refractivity contribution in [1.29, 1.82) is 0 Å². The van der Waals surface area contributed by atoms with Gasteiger partial charge >= 0.3 is 0 Å². The lowest BCUT2D eigenvalue weighted by Crippen LogP contribution is -2.50. The summed E-state index contributed by atoms with van der Waals surface area (Å²) in [5, 5.41) is 3.11. The Morgan fingerprint density at radius 3 is 2.40 bits per heavy atom.